The van der Waals surface area contributed by atoms with Gasteiger partial charge in [0.15, 0.2) is 0 Å². The highest BCUT2D eigenvalue weighted by atomic mass is 32.2. The first kappa shape index (κ1) is 15.0. The quantitative estimate of drug-likeness (QED) is 0.880. The first-order chi connectivity index (χ1) is 10.0. The Kier molecular flexibility index (Phi) is 4.05. The van der Waals surface area contributed by atoms with Crippen LogP contribution in [0.5, 0.6) is 0 Å². The van der Waals surface area contributed by atoms with Gasteiger partial charge in [0.1, 0.15) is 0 Å². The van der Waals surface area contributed by atoms with Crippen molar-refractivity contribution in [3.8, 4) is 0 Å². The Labute approximate surface area is 126 Å². The summed E-state index contributed by atoms with van der Waals surface area (Å²) in [6, 6.07) is 5.52. The average Bonchev–Trinajstić information content (AvgIpc) is 2.46. The molecule has 116 valence electrons. The molecule has 0 amide bonds. The number of hydrogen-bond donors (Lipinski definition) is 2. The molecule has 2 heterocycles. The molecule has 1 aromatic rings. The predicted octanol–water partition coefficient (Wildman–Crippen LogP) is 1.18. The topological polar surface area (TPSA) is 67.4 Å². The van der Waals surface area contributed by atoms with Crippen LogP contribution in [0.1, 0.15) is 30.9 Å². The Morgan fingerprint density at radius 1 is 1.38 bits per heavy atom. The first-order valence-corrected chi connectivity index (χ1v) is 8.92. The molecule has 0 bridgehead atoms. The molecular formula is C15H22N2O3S. The molecule has 5 nitrogen and oxygen atoms in total. The monoisotopic (exact) mass is 310 g/mol. The van der Waals surface area contributed by atoms with E-state index in [1.165, 1.54) is 0 Å². The average molecular weight is 310 g/mol. The third-order valence-electron chi connectivity index (χ3n) is 4.21. The van der Waals surface area contributed by atoms with Crippen LogP contribution < -0.4 is 10.0 Å². The van der Waals surface area contributed by atoms with Gasteiger partial charge in [0, 0.05) is 13.2 Å². The molecule has 0 aromatic heterocycles. The van der Waals surface area contributed by atoms with Crippen molar-refractivity contribution in [2.45, 2.75) is 43.2 Å². The molecule has 21 heavy (non-hydrogen) atoms. The fourth-order valence-corrected chi connectivity index (χ4v) is 4.88. The van der Waals surface area contributed by atoms with Crippen LogP contribution in [0, 0.1) is 0 Å². The summed E-state index contributed by atoms with van der Waals surface area (Å²) >= 11 is 0. The largest absolute Gasteiger partial charge is 0.380 e. The van der Waals surface area contributed by atoms with Gasteiger partial charge in [-0.2, -0.15) is 0 Å². The summed E-state index contributed by atoms with van der Waals surface area (Å²) in [7, 11) is -3.52. The van der Waals surface area contributed by atoms with Crippen LogP contribution in [-0.4, -0.2) is 33.7 Å². The second-order valence-electron chi connectivity index (χ2n) is 6.14. The first-order valence-electron chi connectivity index (χ1n) is 7.43. The Morgan fingerprint density at radius 2 is 2.24 bits per heavy atom. The van der Waals surface area contributed by atoms with Gasteiger partial charge in [0.2, 0.25) is 10.0 Å². The number of fused-ring (bicyclic) bond motifs is 1. The highest BCUT2D eigenvalue weighted by Crippen LogP contribution is 2.26. The second-order valence-corrected chi connectivity index (χ2v) is 7.79. The van der Waals surface area contributed by atoms with Gasteiger partial charge in [-0.05, 0) is 49.9 Å². The maximum absolute atomic E-state index is 12.8. The SMILES string of the molecule is CC1(NS(=O)(=O)c2cccc3c2CCNC3)CCCOC1. The molecule has 1 unspecified atom stereocenters. The number of rotatable bonds is 3. The molecule has 2 N–H and O–H groups in total. The number of ether oxygens (including phenoxy) is 1. The van der Waals surface area contributed by atoms with Crippen molar-refractivity contribution in [2.24, 2.45) is 0 Å². The molecule has 0 spiro atoms. The van der Waals surface area contributed by atoms with Gasteiger partial charge in [-0.3, -0.25) is 0 Å². The number of sulfonamides is 1. The lowest BCUT2D eigenvalue weighted by Crippen LogP contribution is -2.51. The van der Waals surface area contributed by atoms with Crippen LogP contribution in [0.2, 0.25) is 0 Å². The lowest BCUT2D eigenvalue weighted by atomic mass is 9.97. The molecule has 3 rings (SSSR count). The summed E-state index contributed by atoms with van der Waals surface area (Å²) in [6.07, 6.45) is 2.44. The lowest BCUT2D eigenvalue weighted by molar-refractivity contribution is 0.0386. The molecular weight excluding hydrogens is 288 g/mol. The summed E-state index contributed by atoms with van der Waals surface area (Å²) in [5, 5.41) is 3.27. The van der Waals surface area contributed by atoms with Gasteiger partial charge in [-0.15, -0.1) is 0 Å². The van der Waals surface area contributed by atoms with E-state index in [9.17, 15) is 8.42 Å². The maximum Gasteiger partial charge on any atom is 0.241 e. The van der Waals surface area contributed by atoms with Crippen LogP contribution in [0.3, 0.4) is 0 Å². The molecule has 1 fully saturated rings. The van der Waals surface area contributed by atoms with Gasteiger partial charge in [-0.25, -0.2) is 13.1 Å². The van der Waals surface area contributed by atoms with E-state index >= 15 is 0 Å². The number of nitrogens with one attached hydrogen (secondary N) is 2. The van der Waals surface area contributed by atoms with Crippen molar-refractivity contribution in [3.05, 3.63) is 29.3 Å². The Bertz CT molecular complexity index is 622. The third-order valence-corrected chi connectivity index (χ3v) is 5.93. The Hall–Kier alpha value is -0.950. The van der Waals surface area contributed by atoms with E-state index in [1.54, 1.807) is 6.07 Å². The van der Waals surface area contributed by atoms with Crippen molar-refractivity contribution in [2.75, 3.05) is 19.8 Å². The molecule has 0 saturated carbocycles. The van der Waals surface area contributed by atoms with E-state index in [-0.39, 0.29) is 0 Å². The van der Waals surface area contributed by atoms with Gasteiger partial charge in [0.05, 0.1) is 17.0 Å². The van der Waals surface area contributed by atoms with Gasteiger partial charge in [-0.1, -0.05) is 12.1 Å². The third kappa shape index (κ3) is 3.13. The molecule has 0 aliphatic carbocycles. The van der Waals surface area contributed by atoms with Crippen LogP contribution in [0.25, 0.3) is 0 Å². The van der Waals surface area contributed by atoms with Crippen molar-refractivity contribution >= 4 is 10.0 Å². The highest BCUT2D eigenvalue weighted by molar-refractivity contribution is 7.89. The fourth-order valence-electron chi connectivity index (χ4n) is 3.14. The summed E-state index contributed by atoms with van der Waals surface area (Å²) < 4.78 is 33.9. The number of benzene rings is 1. The van der Waals surface area contributed by atoms with Crippen molar-refractivity contribution < 1.29 is 13.2 Å². The van der Waals surface area contributed by atoms with E-state index < -0.39 is 15.6 Å². The van der Waals surface area contributed by atoms with Crippen LogP contribution in [-0.2, 0) is 27.7 Å². The van der Waals surface area contributed by atoms with E-state index in [0.717, 1.165) is 43.5 Å². The van der Waals surface area contributed by atoms with Crippen LogP contribution in [0.15, 0.2) is 23.1 Å². The zero-order valence-corrected chi connectivity index (χ0v) is 13.1. The van der Waals surface area contributed by atoms with E-state index in [4.69, 9.17) is 4.74 Å². The smallest absolute Gasteiger partial charge is 0.241 e. The second kappa shape index (κ2) is 5.68. The standard InChI is InChI=1S/C15H22N2O3S/c1-15(7-3-9-20-11-15)17-21(18,19)14-5-2-4-12-10-16-8-6-13(12)14/h2,4-5,16-17H,3,6-11H2,1H3. The Balaban J connectivity index is 1.91. The predicted molar refractivity (Wildman–Crippen MR) is 80.6 cm³/mol. The van der Waals surface area contributed by atoms with Crippen molar-refractivity contribution in [3.63, 3.8) is 0 Å². The minimum atomic E-state index is -3.52. The van der Waals surface area contributed by atoms with Crippen LogP contribution in [0.4, 0.5) is 0 Å². The summed E-state index contributed by atoms with van der Waals surface area (Å²) in [6.45, 7) is 4.62. The summed E-state index contributed by atoms with van der Waals surface area (Å²) in [5.41, 5.74) is 1.52. The molecule has 1 saturated heterocycles. The molecule has 2 aliphatic rings. The lowest BCUT2D eigenvalue weighted by Gasteiger charge is -2.34. The van der Waals surface area contributed by atoms with Crippen molar-refractivity contribution in [1.82, 2.24) is 10.0 Å². The van der Waals surface area contributed by atoms with Crippen molar-refractivity contribution in [1.29, 1.82) is 0 Å². The van der Waals surface area contributed by atoms with Gasteiger partial charge < -0.3 is 10.1 Å². The minimum absolute atomic E-state index is 0.424. The normalized spacial score (nSPS) is 26.3. The zero-order chi connectivity index (χ0) is 14.9. The maximum atomic E-state index is 12.8. The van der Waals surface area contributed by atoms with Gasteiger partial charge >= 0.3 is 0 Å². The minimum Gasteiger partial charge on any atom is -0.380 e. The fraction of sp³-hybridized carbons (Fsp3) is 0.600. The summed E-state index contributed by atoms with van der Waals surface area (Å²) in [5.74, 6) is 0. The zero-order valence-electron chi connectivity index (χ0n) is 12.3. The molecule has 0 radical (unpaired) electrons. The van der Waals surface area contributed by atoms with Gasteiger partial charge in [0.25, 0.3) is 0 Å². The highest BCUT2D eigenvalue weighted by Gasteiger charge is 2.34. The van der Waals surface area contributed by atoms with E-state index in [0.29, 0.717) is 18.1 Å². The van der Waals surface area contributed by atoms with E-state index in [1.807, 2.05) is 19.1 Å². The summed E-state index contributed by atoms with van der Waals surface area (Å²) in [4.78, 5) is 0.424. The van der Waals surface area contributed by atoms with Crippen LogP contribution >= 0.6 is 0 Å². The molecule has 1 atom stereocenters. The van der Waals surface area contributed by atoms with E-state index in [2.05, 4.69) is 10.0 Å². The molecule has 6 heteroatoms. The Morgan fingerprint density at radius 3 is 3.00 bits per heavy atom. The number of hydrogen-bond acceptors (Lipinski definition) is 4. The molecule has 1 aromatic carbocycles. The molecule has 2 aliphatic heterocycles.